The molecule has 0 aliphatic carbocycles. The van der Waals surface area contributed by atoms with Crippen molar-refractivity contribution < 1.29 is 53.5 Å². The van der Waals surface area contributed by atoms with Gasteiger partial charge in [0.05, 0.1) is 0 Å². The first-order chi connectivity index (χ1) is 16.4. The molecule has 0 fully saturated rings. The number of nitrogens with zero attached hydrogens (tertiary/aromatic N) is 1. The van der Waals surface area contributed by atoms with Crippen LogP contribution in [-0.4, -0.2) is 23.3 Å². The monoisotopic (exact) mass is 517 g/mol. The summed E-state index contributed by atoms with van der Waals surface area (Å²) in [6, 6.07) is 0. The molecule has 13 heteroatoms. The highest BCUT2D eigenvalue weighted by atomic mass is 19.2. The van der Waals surface area contributed by atoms with Gasteiger partial charge in [0.1, 0.15) is 11.1 Å². The van der Waals surface area contributed by atoms with E-state index in [-0.39, 0.29) is 17.7 Å². The molecule has 3 nitrogen and oxygen atoms in total. The minimum atomic E-state index is -2.63. The Morgan fingerprint density at radius 2 is 0.771 bits per heavy atom. The molecule has 0 unspecified atom stereocenters. The van der Waals surface area contributed by atoms with Crippen molar-refractivity contribution in [2.24, 2.45) is 0 Å². The van der Waals surface area contributed by atoms with E-state index in [1.807, 2.05) is 6.92 Å². The zero-order valence-corrected chi connectivity index (χ0v) is 18.0. The van der Waals surface area contributed by atoms with Crippen LogP contribution in [0.25, 0.3) is 0 Å². The number of carbonyl (C=O) groups excluding carboxylic acids is 2. The molecule has 0 aromatic heterocycles. The predicted molar refractivity (Wildman–Crippen MR) is 101 cm³/mol. The van der Waals surface area contributed by atoms with E-state index in [9.17, 15) is 53.5 Å². The van der Waals surface area contributed by atoms with Gasteiger partial charge in [-0.05, 0) is 6.42 Å². The fraction of sp³-hybridized carbons (Fsp3) is 0.364. The van der Waals surface area contributed by atoms with Crippen LogP contribution >= 0.6 is 0 Å². The summed E-state index contributed by atoms with van der Waals surface area (Å²) in [7, 11) is 0. The average molecular weight is 517 g/mol. The molecule has 0 spiro atoms. The molecule has 2 amide bonds. The van der Waals surface area contributed by atoms with Crippen LogP contribution in [0.3, 0.4) is 0 Å². The highest BCUT2D eigenvalue weighted by molar-refractivity contribution is 6.10. The molecule has 0 bridgehead atoms. The second kappa shape index (κ2) is 11.5. The third-order valence-corrected chi connectivity index (χ3v) is 5.07. The first-order valence-electron chi connectivity index (χ1n) is 10.3. The van der Waals surface area contributed by atoms with E-state index in [1.54, 1.807) is 0 Å². The number of unbranched alkanes of at least 4 members (excludes halogenated alkanes) is 5. The van der Waals surface area contributed by atoms with Crippen LogP contribution in [-0.2, 0) is 0 Å². The van der Waals surface area contributed by atoms with Crippen LogP contribution in [0.4, 0.5) is 43.9 Å². The molecule has 2 rings (SSSR count). The van der Waals surface area contributed by atoms with Crippen LogP contribution in [0.15, 0.2) is 0 Å². The molecule has 35 heavy (non-hydrogen) atoms. The maximum absolute atomic E-state index is 14.1. The summed E-state index contributed by atoms with van der Waals surface area (Å²) in [5.74, 6) is -30.5. The van der Waals surface area contributed by atoms with Gasteiger partial charge in [0.2, 0.25) is 11.6 Å². The Morgan fingerprint density at radius 1 is 0.486 bits per heavy atom. The number of hydrogen-bond acceptors (Lipinski definition) is 2. The van der Waals surface area contributed by atoms with Gasteiger partial charge in [-0.3, -0.25) is 14.5 Å². The van der Waals surface area contributed by atoms with Crippen molar-refractivity contribution in [3.63, 3.8) is 0 Å². The van der Waals surface area contributed by atoms with Crippen LogP contribution in [0.5, 0.6) is 0 Å². The summed E-state index contributed by atoms with van der Waals surface area (Å²) in [5, 5.41) is 0. The summed E-state index contributed by atoms with van der Waals surface area (Å²) in [6.45, 7) is 1.01. The van der Waals surface area contributed by atoms with Gasteiger partial charge in [-0.1, -0.05) is 39.0 Å². The zero-order valence-electron chi connectivity index (χ0n) is 18.0. The smallest absolute Gasteiger partial charge is 0.266 e. The molecule has 2 aromatic carbocycles. The van der Waals surface area contributed by atoms with Crippen molar-refractivity contribution in [2.75, 3.05) is 6.54 Å². The van der Waals surface area contributed by atoms with Crippen LogP contribution in [0.2, 0.25) is 0 Å². The Bertz CT molecular complexity index is 1010. The van der Waals surface area contributed by atoms with Gasteiger partial charge in [-0.25, -0.2) is 43.9 Å². The van der Waals surface area contributed by atoms with Crippen LogP contribution in [0, 0.1) is 58.2 Å². The second-order valence-electron chi connectivity index (χ2n) is 7.42. The minimum Gasteiger partial charge on any atom is -0.274 e. The molecule has 0 N–H and O–H groups in total. The number of imide groups is 1. The Morgan fingerprint density at radius 3 is 1.11 bits per heavy atom. The fourth-order valence-corrected chi connectivity index (χ4v) is 3.20. The molecule has 2 aromatic rings. The van der Waals surface area contributed by atoms with Gasteiger partial charge in [-0.2, -0.15) is 0 Å². The Hall–Kier alpha value is -3.12. The van der Waals surface area contributed by atoms with Gasteiger partial charge in [-0.15, -0.1) is 0 Å². The normalized spacial score (nSPS) is 11.2. The SMILES string of the molecule is CCCCCCCCN(C(=O)c1c(F)c(F)c(F)c(F)c1F)C(=O)c1c(F)c(F)c(F)c(F)c1F. The molecular formula is C22H17F10NO2. The molecule has 0 radical (unpaired) electrons. The molecule has 192 valence electrons. The molecule has 0 saturated carbocycles. The molecule has 0 aliphatic heterocycles. The number of amides is 2. The maximum Gasteiger partial charge on any atom is 0.266 e. The third-order valence-electron chi connectivity index (χ3n) is 5.07. The largest absolute Gasteiger partial charge is 0.274 e. The number of rotatable bonds is 9. The molecule has 0 aliphatic rings. The van der Waals surface area contributed by atoms with Crippen molar-refractivity contribution in [1.29, 1.82) is 0 Å². The van der Waals surface area contributed by atoms with E-state index < -0.39 is 87.7 Å². The average Bonchev–Trinajstić information content (AvgIpc) is 2.83. The standard InChI is InChI=1S/C22H17F10NO2/c1-2-3-4-5-6-7-8-33(21(34)9-11(23)15(27)19(31)16(28)12(9)24)22(35)10-13(25)17(29)20(32)18(30)14(10)26/h2-8H2,1H3. The summed E-state index contributed by atoms with van der Waals surface area (Å²) in [6.07, 6.45) is 2.90. The van der Waals surface area contributed by atoms with Gasteiger partial charge in [0.15, 0.2) is 46.5 Å². The maximum atomic E-state index is 14.1. The first kappa shape index (κ1) is 28.1. The lowest BCUT2D eigenvalue weighted by molar-refractivity contribution is 0.0598. The number of carbonyl (C=O) groups is 2. The summed E-state index contributed by atoms with van der Waals surface area (Å²) < 4.78 is 138. The second-order valence-corrected chi connectivity index (χ2v) is 7.42. The lowest BCUT2D eigenvalue weighted by atomic mass is 10.1. The van der Waals surface area contributed by atoms with Crippen molar-refractivity contribution in [3.8, 4) is 0 Å². The molecular weight excluding hydrogens is 500 g/mol. The van der Waals surface area contributed by atoms with Gasteiger partial charge >= 0.3 is 0 Å². The number of halogens is 10. The van der Waals surface area contributed by atoms with Crippen LogP contribution in [0.1, 0.15) is 66.2 Å². The quantitative estimate of drug-likeness (QED) is 0.122. The van der Waals surface area contributed by atoms with E-state index in [4.69, 9.17) is 0 Å². The number of benzene rings is 2. The minimum absolute atomic E-state index is 0.175. The highest BCUT2D eigenvalue weighted by Gasteiger charge is 2.38. The molecule has 0 atom stereocenters. The van der Waals surface area contributed by atoms with E-state index in [2.05, 4.69) is 0 Å². The van der Waals surface area contributed by atoms with E-state index >= 15 is 0 Å². The third kappa shape index (κ3) is 5.43. The fourth-order valence-electron chi connectivity index (χ4n) is 3.20. The topological polar surface area (TPSA) is 37.4 Å². The Kier molecular flexibility index (Phi) is 9.27. The van der Waals surface area contributed by atoms with E-state index in [0.717, 1.165) is 12.8 Å². The van der Waals surface area contributed by atoms with Crippen molar-refractivity contribution in [3.05, 3.63) is 69.3 Å². The van der Waals surface area contributed by atoms with Gasteiger partial charge in [0.25, 0.3) is 11.8 Å². The lowest BCUT2D eigenvalue weighted by Gasteiger charge is -2.22. The molecule has 0 saturated heterocycles. The highest BCUT2D eigenvalue weighted by Crippen LogP contribution is 2.28. The first-order valence-corrected chi connectivity index (χ1v) is 10.3. The number of hydrogen-bond donors (Lipinski definition) is 0. The van der Waals surface area contributed by atoms with Crippen molar-refractivity contribution in [2.45, 2.75) is 45.4 Å². The summed E-state index contributed by atoms with van der Waals surface area (Å²) in [5.41, 5.74) is -4.27. The van der Waals surface area contributed by atoms with Gasteiger partial charge in [0, 0.05) is 6.54 Å². The van der Waals surface area contributed by atoms with E-state index in [0.29, 0.717) is 12.8 Å². The van der Waals surface area contributed by atoms with E-state index in [1.165, 1.54) is 0 Å². The predicted octanol–water partition coefficient (Wildman–Crippen LogP) is 6.72. The summed E-state index contributed by atoms with van der Waals surface area (Å²) in [4.78, 5) is 25.1. The van der Waals surface area contributed by atoms with Gasteiger partial charge < -0.3 is 0 Å². The Labute approximate surface area is 192 Å². The summed E-state index contributed by atoms with van der Waals surface area (Å²) >= 11 is 0. The van der Waals surface area contributed by atoms with Crippen LogP contribution < -0.4 is 0 Å². The lowest BCUT2D eigenvalue weighted by Crippen LogP contribution is -2.40. The zero-order chi connectivity index (χ0) is 26.6. The Balaban J connectivity index is 2.58. The molecule has 0 heterocycles. The van der Waals surface area contributed by atoms with Crippen molar-refractivity contribution in [1.82, 2.24) is 4.90 Å². The van der Waals surface area contributed by atoms with Crippen molar-refractivity contribution >= 4 is 11.8 Å².